The fourth-order valence-electron chi connectivity index (χ4n) is 2.52. The van der Waals surface area contributed by atoms with Gasteiger partial charge >= 0.3 is 0 Å². The van der Waals surface area contributed by atoms with Crippen molar-refractivity contribution in [1.29, 1.82) is 0 Å². The molecule has 2 rings (SSSR count). The summed E-state index contributed by atoms with van der Waals surface area (Å²) < 4.78 is 19.5. The highest BCUT2D eigenvalue weighted by Crippen LogP contribution is 2.30. The van der Waals surface area contributed by atoms with Crippen LogP contribution in [0.1, 0.15) is 25.1 Å². The first-order chi connectivity index (χ1) is 11.5. The number of rotatable bonds is 7. The van der Waals surface area contributed by atoms with E-state index in [1.807, 2.05) is 39.0 Å². The van der Waals surface area contributed by atoms with E-state index in [1.165, 1.54) is 6.07 Å². The molecule has 0 aliphatic carbocycles. The first-order valence-electron chi connectivity index (χ1n) is 8.11. The lowest BCUT2D eigenvalue weighted by molar-refractivity contribution is 0.209. The largest absolute Gasteiger partial charge is 0.496 e. The molecule has 4 nitrogen and oxygen atoms in total. The topological polar surface area (TPSA) is 54.4 Å². The van der Waals surface area contributed by atoms with E-state index in [0.29, 0.717) is 17.1 Å². The molecule has 2 N–H and O–H groups in total. The minimum Gasteiger partial charge on any atom is -0.496 e. The number of aliphatic hydroxyl groups excluding tert-OH is 1. The average molecular weight is 332 g/mol. The quantitative estimate of drug-likeness (QED) is 0.817. The van der Waals surface area contributed by atoms with E-state index in [9.17, 15) is 9.50 Å². The first-order valence-corrected chi connectivity index (χ1v) is 8.11. The number of nitrogens with zero attached hydrogens (tertiary/aromatic N) is 1. The van der Waals surface area contributed by atoms with E-state index in [1.54, 1.807) is 13.2 Å². The second-order valence-electron chi connectivity index (χ2n) is 6.24. The van der Waals surface area contributed by atoms with Crippen LogP contribution in [0.5, 0.6) is 5.75 Å². The summed E-state index contributed by atoms with van der Waals surface area (Å²) >= 11 is 0. The van der Waals surface area contributed by atoms with E-state index >= 15 is 0 Å². The second kappa shape index (κ2) is 8.22. The molecule has 0 fully saturated rings. The predicted molar refractivity (Wildman–Crippen MR) is 93.5 cm³/mol. The molecule has 130 valence electrons. The molecular weight excluding hydrogens is 307 g/mol. The molecule has 0 saturated carbocycles. The van der Waals surface area contributed by atoms with Gasteiger partial charge in [-0.2, -0.15) is 0 Å². The lowest BCUT2D eigenvalue weighted by atomic mass is 10.0. The maximum absolute atomic E-state index is 14.1. The molecule has 1 heterocycles. The Hall–Kier alpha value is -1.98. The molecule has 0 unspecified atom stereocenters. The first kappa shape index (κ1) is 18.4. The van der Waals surface area contributed by atoms with Crippen LogP contribution in [0.3, 0.4) is 0 Å². The third kappa shape index (κ3) is 4.30. The summed E-state index contributed by atoms with van der Waals surface area (Å²) in [5.74, 6) is 0.588. The number of aliphatic hydroxyl groups is 1. The van der Waals surface area contributed by atoms with Crippen molar-refractivity contribution < 1.29 is 14.2 Å². The lowest BCUT2D eigenvalue weighted by Crippen LogP contribution is -2.36. The Morgan fingerprint density at radius 2 is 2.00 bits per heavy atom. The molecule has 1 aromatic heterocycles. The van der Waals surface area contributed by atoms with Crippen molar-refractivity contribution in [3.05, 3.63) is 47.4 Å². The summed E-state index contributed by atoms with van der Waals surface area (Å²) in [6.07, 6.45) is 0. The zero-order valence-corrected chi connectivity index (χ0v) is 14.6. The fraction of sp³-hybridized carbons (Fsp3) is 0.421. The van der Waals surface area contributed by atoms with Gasteiger partial charge in [0.2, 0.25) is 0 Å². The number of hydrogen-bond acceptors (Lipinski definition) is 4. The van der Waals surface area contributed by atoms with E-state index in [4.69, 9.17) is 4.74 Å². The molecule has 0 aliphatic heterocycles. The lowest BCUT2D eigenvalue weighted by Gasteiger charge is -2.20. The highest BCUT2D eigenvalue weighted by atomic mass is 19.1. The van der Waals surface area contributed by atoms with Crippen LogP contribution < -0.4 is 10.1 Å². The van der Waals surface area contributed by atoms with Gasteiger partial charge in [0.1, 0.15) is 11.6 Å². The Balaban J connectivity index is 2.30. The summed E-state index contributed by atoms with van der Waals surface area (Å²) in [4.78, 5) is 4.46. The van der Waals surface area contributed by atoms with Crippen LogP contribution in [-0.2, 0) is 6.54 Å². The van der Waals surface area contributed by atoms with Crippen LogP contribution in [0.4, 0.5) is 4.39 Å². The molecule has 0 aliphatic rings. The van der Waals surface area contributed by atoms with Crippen LogP contribution in [-0.4, -0.2) is 29.8 Å². The number of nitrogens with one attached hydrogen (secondary N) is 1. The normalized spacial score (nSPS) is 12.5. The second-order valence-corrected chi connectivity index (χ2v) is 6.24. The van der Waals surface area contributed by atoms with Crippen molar-refractivity contribution >= 4 is 0 Å². The molecule has 0 saturated heterocycles. The van der Waals surface area contributed by atoms with Crippen LogP contribution in [0, 0.1) is 18.7 Å². The summed E-state index contributed by atoms with van der Waals surface area (Å²) in [6, 6.07) is 8.80. The van der Waals surface area contributed by atoms with Gasteiger partial charge in [-0.05, 0) is 37.1 Å². The van der Waals surface area contributed by atoms with Gasteiger partial charge in [-0.15, -0.1) is 0 Å². The van der Waals surface area contributed by atoms with Crippen molar-refractivity contribution in [2.75, 3.05) is 13.7 Å². The smallest absolute Gasteiger partial charge is 0.146 e. The number of methoxy groups -OCH3 is 1. The third-order valence-corrected chi connectivity index (χ3v) is 4.08. The summed E-state index contributed by atoms with van der Waals surface area (Å²) in [5, 5.41) is 12.5. The molecule has 1 atom stereocenters. The highest BCUT2D eigenvalue weighted by molar-refractivity contribution is 5.68. The van der Waals surface area contributed by atoms with Gasteiger partial charge in [0, 0.05) is 18.2 Å². The van der Waals surface area contributed by atoms with Gasteiger partial charge in [0.05, 0.1) is 25.1 Å². The van der Waals surface area contributed by atoms with Crippen molar-refractivity contribution in [2.24, 2.45) is 5.92 Å². The van der Waals surface area contributed by atoms with Crippen molar-refractivity contribution in [1.82, 2.24) is 10.3 Å². The van der Waals surface area contributed by atoms with Gasteiger partial charge in [-0.3, -0.25) is 0 Å². The molecule has 0 amide bonds. The van der Waals surface area contributed by atoms with E-state index in [2.05, 4.69) is 10.3 Å². The Morgan fingerprint density at radius 3 is 2.62 bits per heavy atom. The number of hydrogen-bond donors (Lipinski definition) is 2. The molecule has 0 bridgehead atoms. The Bertz CT molecular complexity index is 689. The van der Waals surface area contributed by atoms with E-state index < -0.39 is 0 Å². The zero-order valence-electron chi connectivity index (χ0n) is 14.6. The number of ether oxygens (including phenoxy) is 1. The van der Waals surface area contributed by atoms with Crippen LogP contribution in [0.25, 0.3) is 11.3 Å². The van der Waals surface area contributed by atoms with E-state index in [0.717, 1.165) is 11.1 Å². The molecule has 24 heavy (non-hydrogen) atoms. The zero-order chi connectivity index (χ0) is 17.7. The highest BCUT2D eigenvalue weighted by Gasteiger charge is 2.15. The minimum atomic E-state index is -0.363. The van der Waals surface area contributed by atoms with Crippen molar-refractivity contribution in [3.8, 4) is 17.0 Å². The fourth-order valence-corrected chi connectivity index (χ4v) is 2.52. The SMILES string of the molecule is COc1ccc(C)cc1-c1ccc(F)c(CN[C@@H](CO)C(C)C)n1. The summed E-state index contributed by atoms with van der Waals surface area (Å²) in [5.41, 5.74) is 2.91. The molecule has 5 heteroatoms. The maximum atomic E-state index is 14.1. The maximum Gasteiger partial charge on any atom is 0.146 e. The third-order valence-electron chi connectivity index (χ3n) is 4.08. The minimum absolute atomic E-state index is 0.00464. The van der Waals surface area contributed by atoms with Gasteiger partial charge in [-0.1, -0.05) is 25.5 Å². The number of benzene rings is 1. The molecular formula is C19H25FN2O2. The van der Waals surface area contributed by atoms with Crippen LogP contribution >= 0.6 is 0 Å². The van der Waals surface area contributed by atoms with Gasteiger partial charge in [-0.25, -0.2) is 9.37 Å². The molecule has 0 radical (unpaired) electrons. The van der Waals surface area contributed by atoms with Gasteiger partial charge in [0.25, 0.3) is 0 Å². The van der Waals surface area contributed by atoms with Crippen molar-refractivity contribution in [2.45, 2.75) is 33.4 Å². The number of aromatic nitrogens is 1. The monoisotopic (exact) mass is 332 g/mol. The Labute approximate surface area is 142 Å². The predicted octanol–water partition coefficient (Wildman–Crippen LogP) is 3.31. The van der Waals surface area contributed by atoms with Crippen molar-refractivity contribution in [3.63, 3.8) is 0 Å². The summed E-state index contributed by atoms with van der Waals surface area (Å²) in [7, 11) is 1.61. The Kier molecular flexibility index (Phi) is 6.29. The summed E-state index contributed by atoms with van der Waals surface area (Å²) in [6.45, 7) is 6.27. The van der Waals surface area contributed by atoms with Gasteiger partial charge in [0.15, 0.2) is 0 Å². The average Bonchev–Trinajstić information content (AvgIpc) is 2.56. The van der Waals surface area contributed by atoms with E-state index in [-0.39, 0.29) is 30.9 Å². The number of pyridine rings is 1. The molecule has 2 aromatic rings. The number of halogens is 1. The van der Waals surface area contributed by atoms with Gasteiger partial charge < -0.3 is 15.2 Å². The molecule has 0 spiro atoms. The molecule has 1 aromatic carbocycles. The van der Waals surface area contributed by atoms with Crippen LogP contribution in [0.15, 0.2) is 30.3 Å². The number of aryl methyl sites for hydroxylation is 1. The Morgan fingerprint density at radius 1 is 1.25 bits per heavy atom. The van der Waals surface area contributed by atoms with Crippen LogP contribution in [0.2, 0.25) is 0 Å². The standard InChI is InChI=1S/C19H25FN2O2/c1-12(2)18(11-23)21-10-17-15(20)6-7-16(22-17)14-9-13(3)5-8-19(14)24-4/h5-9,12,18,21,23H,10-11H2,1-4H3/t18-/m0/s1.